The molecule has 0 radical (unpaired) electrons. The summed E-state index contributed by atoms with van der Waals surface area (Å²) in [4.78, 5) is 159. The number of esters is 10. The molecule has 9 unspecified atom stereocenters. The van der Waals surface area contributed by atoms with Crippen molar-refractivity contribution in [2.45, 2.75) is 332 Å². The van der Waals surface area contributed by atoms with E-state index in [0.29, 0.717) is 38.8 Å². The van der Waals surface area contributed by atoms with E-state index in [4.69, 9.17) is 37.9 Å². The largest absolute Gasteiger partial charge is 0.508 e. The van der Waals surface area contributed by atoms with Crippen molar-refractivity contribution >= 4 is 77.6 Å². The van der Waals surface area contributed by atoms with Gasteiger partial charge in [0.25, 0.3) is 0 Å². The summed E-state index contributed by atoms with van der Waals surface area (Å²) in [5.41, 5.74) is -8.98. The van der Waals surface area contributed by atoms with Crippen LogP contribution < -0.4 is 0 Å². The van der Waals surface area contributed by atoms with Gasteiger partial charge in [0.1, 0.15) is 5.75 Å². The van der Waals surface area contributed by atoms with Crippen LogP contribution in [0.5, 0.6) is 5.75 Å². The maximum absolute atomic E-state index is 13.2. The number of benzene rings is 1. The molecule has 0 saturated carbocycles. The Morgan fingerprint density at radius 1 is 0.482 bits per heavy atom. The van der Waals surface area contributed by atoms with E-state index < -0.39 is 138 Å². The molecule has 25 heteroatoms. The SMILES string of the molecule is CC.CC.CCCCCOC(=O)C(C)(C)CC(C)(CC(C)(CC)C(=O)O)C(=O)OC1CCOC1=O.CCCCCOC(=O)C(C)(C)CC(CC)c1ccc(O)cc1.CCCCCOC(=O)C(C)(C)CC1(CC(C)(CC)C(=O)O)CC(=O)OC1=O.CCCCCOC(=O)C(C)(C)CC1C(=O)OC(=O)C1C(C)(CC)C(=O)O. The molecule has 0 spiro atoms. The molecule has 0 aromatic heterocycles. The van der Waals surface area contributed by atoms with E-state index in [1.807, 2.05) is 67.5 Å². The zero-order valence-electron chi connectivity index (χ0n) is 71.5. The number of carbonyl (C=O) groups is 13. The van der Waals surface area contributed by atoms with Crippen LogP contribution in [0.25, 0.3) is 0 Å². The van der Waals surface area contributed by atoms with Crippen LogP contribution in [0.1, 0.15) is 332 Å². The zero-order valence-corrected chi connectivity index (χ0v) is 71.5. The molecule has 4 rings (SSSR count). The molecule has 9 atom stereocenters. The minimum Gasteiger partial charge on any atom is -0.508 e. The van der Waals surface area contributed by atoms with Crippen LogP contribution in [0.15, 0.2) is 24.3 Å². The molecule has 110 heavy (non-hydrogen) atoms. The summed E-state index contributed by atoms with van der Waals surface area (Å²) < 4.78 is 41.2. The topological polar surface area (TPSA) is 377 Å². The molecule has 632 valence electrons. The van der Waals surface area contributed by atoms with Crippen molar-refractivity contribution in [2.75, 3.05) is 33.0 Å². The quantitative estimate of drug-likeness (QED) is 0.0204. The van der Waals surface area contributed by atoms with Crippen LogP contribution in [-0.4, -0.2) is 137 Å². The van der Waals surface area contributed by atoms with Gasteiger partial charge >= 0.3 is 77.6 Å². The maximum Gasteiger partial charge on any atom is 0.347 e. The lowest BCUT2D eigenvalue weighted by atomic mass is 9.63. The highest BCUT2D eigenvalue weighted by molar-refractivity contribution is 6.00. The van der Waals surface area contributed by atoms with Gasteiger partial charge in [-0.2, -0.15) is 0 Å². The second kappa shape index (κ2) is 49.1. The Morgan fingerprint density at radius 3 is 1.27 bits per heavy atom. The first-order valence-electron chi connectivity index (χ1n) is 40.2. The van der Waals surface area contributed by atoms with Crippen LogP contribution in [0.2, 0.25) is 0 Å². The maximum atomic E-state index is 13.2. The first-order valence-corrected chi connectivity index (χ1v) is 40.2. The number of phenols is 1. The number of unbranched alkanes of at least 4 members (excludes halogenated alkanes) is 8. The highest BCUT2D eigenvalue weighted by Gasteiger charge is 2.60. The third-order valence-electron chi connectivity index (χ3n) is 21.0. The Bertz CT molecular complexity index is 3090. The third-order valence-corrected chi connectivity index (χ3v) is 21.0. The van der Waals surface area contributed by atoms with Gasteiger partial charge < -0.3 is 58.3 Å². The molecule has 25 nitrogen and oxygen atoms in total. The number of rotatable bonds is 43. The van der Waals surface area contributed by atoms with Gasteiger partial charge in [0, 0.05) is 6.42 Å². The van der Waals surface area contributed by atoms with E-state index in [-0.39, 0.29) is 76.1 Å². The van der Waals surface area contributed by atoms with Crippen LogP contribution in [0.4, 0.5) is 0 Å². The molecule has 3 aliphatic heterocycles. The fourth-order valence-corrected chi connectivity index (χ4v) is 13.6. The number of aromatic hydroxyl groups is 1. The number of hydrogen-bond acceptors (Lipinski definition) is 22. The number of aliphatic carboxylic acids is 3. The Hall–Kier alpha value is -7.47. The summed E-state index contributed by atoms with van der Waals surface area (Å²) in [5.74, 6) is -10.6. The van der Waals surface area contributed by atoms with Crippen molar-refractivity contribution in [1.29, 1.82) is 0 Å². The Kier molecular flexibility index (Phi) is 46.7. The lowest BCUT2D eigenvalue weighted by Crippen LogP contribution is -2.45. The zero-order chi connectivity index (χ0) is 85.5. The summed E-state index contributed by atoms with van der Waals surface area (Å²) >= 11 is 0. The van der Waals surface area contributed by atoms with E-state index in [1.165, 1.54) is 6.92 Å². The number of ether oxygens (including phenoxy) is 8. The van der Waals surface area contributed by atoms with Crippen molar-refractivity contribution in [3.63, 3.8) is 0 Å². The molecule has 3 fully saturated rings. The average Bonchev–Trinajstić information content (AvgIpc) is 1.57. The van der Waals surface area contributed by atoms with Gasteiger partial charge in [-0.05, 0) is 197 Å². The number of phenolic OH excluding ortho intramolecular Hbond substituents is 1. The summed E-state index contributed by atoms with van der Waals surface area (Å²) in [6.07, 6.45) is 12.7. The van der Waals surface area contributed by atoms with E-state index in [1.54, 1.807) is 95.2 Å². The summed E-state index contributed by atoms with van der Waals surface area (Å²) in [5, 5.41) is 38.3. The van der Waals surface area contributed by atoms with Crippen molar-refractivity contribution in [1.82, 2.24) is 0 Å². The van der Waals surface area contributed by atoms with Crippen LogP contribution in [-0.2, 0) is 100 Å². The van der Waals surface area contributed by atoms with Crippen molar-refractivity contribution in [2.24, 2.45) is 60.6 Å². The molecule has 0 amide bonds. The average molecular weight is 1560 g/mol. The number of hydrogen-bond donors (Lipinski definition) is 4. The Balaban J connectivity index is 0. The molecular formula is C85H142O25. The van der Waals surface area contributed by atoms with Crippen molar-refractivity contribution in [3.05, 3.63) is 29.8 Å². The first-order chi connectivity index (χ1) is 51.1. The number of carbonyl (C=O) groups excluding carboxylic acids is 10. The molecule has 0 bridgehead atoms. The predicted molar refractivity (Wildman–Crippen MR) is 416 cm³/mol. The minimum absolute atomic E-state index is 0.0000540. The van der Waals surface area contributed by atoms with Crippen LogP contribution in [0, 0.1) is 60.6 Å². The standard InChI is InChI=1S/C23H38O8.C20H32O7.C19H30O7.C19H30O3.2C2H6/c1-7-9-10-12-30-19(27)21(3,4)14-23(6,15-22(5,8-2)18(25)26)20(28)31-16-11-13-29-17(16)24;1-6-8-9-10-26-16(24)18(3,4)12-20(11-14(21)27-17(20)25)13-19(5,7-2)15(22)23;1-6-8-9-10-25-17(24)18(3,4)11-12-13(15(21)26-14(12)20)19(5,7-2)16(22)23;1-5-7-8-13-22-18(21)19(3,4)14-15(6-2)16-9-11-17(20)12-10-16;2*1-2/h16H,7-15H2,1-6H3,(H,25,26);6-13H2,1-5H3,(H,22,23);12-13H,6-11H2,1-5H3,(H,22,23);9-12,15,20H,5-8,13-14H2,1-4H3;2*1-2H3. The normalized spacial score (nSPS) is 19.2. The molecule has 3 aliphatic rings. The van der Waals surface area contributed by atoms with E-state index in [0.717, 1.165) is 95.5 Å². The van der Waals surface area contributed by atoms with Gasteiger partial charge in [0.05, 0.1) is 100 Å². The number of carboxylic acid groups (broad SMARTS) is 3. The number of carboxylic acids is 3. The summed E-state index contributed by atoms with van der Waals surface area (Å²) in [6, 6.07) is 7.28. The van der Waals surface area contributed by atoms with E-state index in [2.05, 4.69) is 20.8 Å². The Morgan fingerprint density at radius 2 is 0.909 bits per heavy atom. The van der Waals surface area contributed by atoms with E-state index in [9.17, 15) is 82.8 Å². The van der Waals surface area contributed by atoms with E-state index >= 15 is 0 Å². The monoisotopic (exact) mass is 1560 g/mol. The fraction of sp³-hybridized carbons (Fsp3) is 0.776. The second-order valence-corrected chi connectivity index (χ2v) is 32.7. The Labute approximate surface area is 656 Å². The molecule has 3 heterocycles. The summed E-state index contributed by atoms with van der Waals surface area (Å²) in [6.45, 7) is 45.1. The molecule has 1 aromatic rings. The highest BCUT2D eigenvalue weighted by Crippen LogP contribution is 2.52. The van der Waals surface area contributed by atoms with Crippen LogP contribution in [0.3, 0.4) is 0 Å². The van der Waals surface area contributed by atoms with Gasteiger partial charge in [-0.25, -0.2) is 4.79 Å². The van der Waals surface area contributed by atoms with Crippen molar-refractivity contribution < 1.29 is 121 Å². The lowest BCUT2D eigenvalue weighted by molar-refractivity contribution is -0.175. The second-order valence-electron chi connectivity index (χ2n) is 32.7. The molecule has 1 aromatic carbocycles. The summed E-state index contributed by atoms with van der Waals surface area (Å²) in [7, 11) is 0. The van der Waals surface area contributed by atoms with Crippen molar-refractivity contribution in [3.8, 4) is 5.75 Å². The van der Waals surface area contributed by atoms with Gasteiger partial charge in [0.15, 0.2) is 0 Å². The predicted octanol–water partition coefficient (Wildman–Crippen LogP) is 17.4. The van der Waals surface area contributed by atoms with Crippen LogP contribution >= 0.6 is 0 Å². The lowest BCUT2D eigenvalue weighted by Gasteiger charge is -2.39. The van der Waals surface area contributed by atoms with Gasteiger partial charge in [-0.1, -0.05) is 147 Å². The molecule has 0 aliphatic carbocycles. The highest BCUT2D eigenvalue weighted by atomic mass is 16.6. The first kappa shape index (κ1) is 105. The van der Waals surface area contributed by atoms with Gasteiger partial charge in [-0.3, -0.25) is 57.5 Å². The molecule has 4 N–H and O–H groups in total. The third kappa shape index (κ3) is 32.7. The van der Waals surface area contributed by atoms with Gasteiger partial charge in [-0.15, -0.1) is 0 Å². The molecule has 3 saturated heterocycles. The fourth-order valence-electron chi connectivity index (χ4n) is 13.6. The van der Waals surface area contributed by atoms with Gasteiger partial charge in [0.2, 0.25) is 6.10 Å². The minimum atomic E-state index is -1.44. The smallest absolute Gasteiger partial charge is 0.347 e. The number of cyclic esters (lactones) is 5. The molecular weight excluding hydrogens is 1420 g/mol.